The normalized spacial score (nSPS) is 10.2. The minimum atomic E-state index is -0.575. The molecule has 0 fully saturated rings. The highest BCUT2D eigenvalue weighted by Crippen LogP contribution is 2.31. The lowest BCUT2D eigenvalue weighted by Crippen LogP contribution is -2.05. The van der Waals surface area contributed by atoms with E-state index in [4.69, 9.17) is 15.2 Å². The van der Waals surface area contributed by atoms with Gasteiger partial charge in [0.15, 0.2) is 0 Å². The molecular weight excluding hydrogens is 261 g/mol. The molecule has 0 aliphatic rings. The van der Waals surface area contributed by atoms with Crippen LogP contribution in [0.2, 0.25) is 0 Å². The molecule has 0 aliphatic carbocycles. The second-order valence-electron chi connectivity index (χ2n) is 4.14. The smallest absolute Gasteiger partial charge is 0.338 e. The topological polar surface area (TPSA) is 61.5 Å². The molecule has 0 amide bonds. The number of hydrogen-bond acceptors (Lipinski definition) is 4. The molecule has 0 radical (unpaired) electrons. The zero-order valence-electron chi connectivity index (χ0n) is 11.1. The second-order valence-corrected chi connectivity index (χ2v) is 4.14. The van der Waals surface area contributed by atoms with Crippen molar-refractivity contribution in [2.24, 2.45) is 0 Å². The number of halogens is 1. The van der Waals surface area contributed by atoms with Gasteiger partial charge in [-0.05, 0) is 35.9 Å². The number of rotatable bonds is 3. The number of carbonyl (C=O) groups is 1. The molecule has 104 valence electrons. The standard InChI is InChI=1S/C15H14FNO3/c1-19-10-4-6-14(16)12(8-10)11-5-3-9(17)7-13(11)15(18)20-2/h3-8H,17H2,1-2H3. The van der Waals surface area contributed by atoms with Crippen LogP contribution in [0.1, 0.15) is 10.4 Å². The number of hydrogen-bond donors (Lipinski definition) is 1. The zero-order chi connectivity index (χ0) is 14.7. The van der Waals surface area contributed by atoms with Crippen LogP contribution in [0.3, 0.4) is 0 Å². The summed E-state index contributed by atoms with van der Waals surface area (Å²) in [7, 11) is 2.75. The average molecular weight is 275 g/mol. The summed E-state index contributed by atoms with van der Waals surface area (Å²) in [6, 6.07) is 8.95. The van der Waals surface area contributed by atoms with E-state index >= 15 is 0 Å². The van der Waals surface area contributed by atoms with Crippen molar-refractivity contribution < 1.29 is 18.7 Å². The van der Waals surface area contributed by atoms with Crippen molar-refractivity contribution in [3.05, 3.63) is 47.8 Å². The molecule has 2 aromatic carbocycles. The van der Waals surface area contributed by atoms with Crippen LogP contribution in [-0.4, -0.2) is 20.2 Å². The molecule has 0 heterocycles. The van der Waals surface area contributed by atoms with Gasteiger partial charge in [0.05, 0.1) is 19.8 Å². The quantitative estimate of drug-likeness (QED) is 0.691. The SMILES string of the molecule is COC(=O)c1cc(N)ccc1-c1cc(OC)ccc1F. The lowest BCUT2D eigenvalue weighted by atomic mass is 9.98. The Morgan fingerprint density at radius 2 is 1.85 bits per heavy atom. The van der Waals surface area contributed by atoms with Gasteiger partial charge in [-0.2, -0.15) is 0 Å². The van der Waals surface area contributed by atoms with E-state index in [2.05, 4.69) is 0 Å². The lowest BCUT2D eigenvalue weighted by molar-refractivity contribution is 0.0601. The first-order chi connectivity index (χ1) is 9.56. The van der Waals surface area contributed by atoms with Gasteiger partial charge in [0.2, 0.25) is 0 Å². The highest BCUT2D eigenvalue weighted by atomic mass is 19.1. The summed E-state index contributed by atoms with van der Waals surface area (Å²) >= 11 is 0. The Morgan fingerprint density at radius 1 is 1.10 bits per heavy atom. The van der Waals surface area contributed by atoms with Crippen LogP contribution in [0, 0.1) is 5.82 Å². The van der Waals surface area contributed by atoms with E-state index < -0.39 is 11.8 Å². The molecule has 2 rings (SSSR count). The Labute approximate surface area is 115 Å². The van der Waals surface area contributed by atoms with Gasteiger partial charge in [-0.25, -0.2) is 9.18 Å². The molecule has 0 spiro atoms. The van der Waals surface area contributed by atoms with E-state index in [1.54, 1.807) is 12.1 Å². The average Bonchev–Trinajstić information content (AvgIpc) is 2.47. The fourth-order valence-electron chi connectivity index (χ4n) is 1.91. The Hall–Kier alpha value is -2.56. The molecule has 0 aliphatic heterocycles. The largest absolute Gasteiger partial charge is 0.497 e. The molecule has 0 saturated carbocycles. The summed E-state index contributed by atoms with van der Waals surface area (Å²) < 4.78 is 23.8. The van der Waals surface area contributed by atoms with Crippen molar-refractivity contribution in [3.63, 3.8) is 0 Å². The molecule has 5 heteroatoms. The molecule has 2 N–H and O–H groups in total. The van der Waals surface area contributed by atoms with E-state index in [0.717, 1.165) is 0 Å². The molecular formula is C15H14FNO3. The van der Waals surface area contributed by atoms with E-state index in [0.29, 0.717) is 17.0 Å². The predicted octanol–water partition coefficient (Wildman–Crippen LogP) is 2.87. The third-order valence-corrected chi connectivity index (χ3v) is 2.91. The number of nitrogen functional groups attached to an aromatic ring is 1. The van der Waals surface area contributed by atoms with Crippen LogP contribution in [0.5, 0.6) is 5.75 Å². The summed E-state index contributed by atoms with van der Waals surface area (Å²) in [6.45, 7) is 0. The predicted molar refractivity (Wildman–Crippen MR) is 74.1 cm³/mol. The van der Waals surface area contributed by atoms with Gasteiger partial charge in [0.25, 0.3) is 0 Å². The van der Waals surface area contributed by atoms with Crippen LogP contribution >= 0.6 is 0 Å². The molecule has 0 atom stereocenters. The van der Waals surface area contributed by atoms with Crippen LogP contribution < -0.4 is 10.5 Å². The highest BCUT2D eigenvalue weighted by molar-refractivity contribution is 5.98. The number of benzene rings is 2. The molecule has 0 unspecified atom stereocenters. The van der Waals surface area contributed by atoms with Gasteiger partial charge >= 0.3 is 5.97 Å². The Kier molecular flexibility index (Phi) is 3.89. The summed E-state index contributed by atoms with van der Waals surface area (Å²) in [5.74, 6) is -0.538. The van der Waals surface area contributed by atoms with Gasteiger partial charge in [0, 0.05) is 11.3 Å². The van der Waals surface area contributed by atoms with Crippen LogP contribution in [0.4, 0.5) is 10.1 Å². The van der Waals surface area contributed by atoms with Gasteiger partial charge in [-0.3, -0.25) is 0 Å². The number of ether oxygens (including phenoxy) is 2. The number of carbonyl (C=O) groups excluding carboxylic acids is 1. The van der Waals surface area contributed by atoms with Crippen molar-refractivity contribution >= 4 is 11.7 Å². The number of nitrogens with two attached hydrogens (primary N) is 1. The first kappa shape index (κ1) is 13.9. The second kappa shape index (κ2) is 5.61. The van der Waals surface area contributed by atoms with Gasteiger partial charge in [-0.1, -0.05) is 6.07 Å². The van der Waals surface area contributed by atoms with Crippen molar-refractivity contribution in [1.82, 2.24) is 0 Å². The number of methoxy groups -OCH3 is 2. The van der Waals surface area contributed by atoms with E-state index in [1.807, 2.05) is 0 Å². The molecule has 20 heavy (non-hydrogen) atoms. The Balaban J connectivity index is 2.66. The summed E-state index contributed by atoms with van der Waals surface area (Å²) in [6.07, 6.45) is 0. The van der Waals surface area contributed by atoms with Gasteiger partial charge < -0.3 is 15.2 Å². The number of anilines is 1. The number of esters is 1. The monoisotopic (exact) mass is 275 g/mol. The lowest BCUT2D eigenvalue weighted by Gasteiger charge is -2.11. The summed E-state index contributed by atoms with van der Waals surface area (Å²) in [5.41, 5.74) is 6.93. The molecule has 0 saturated heterocycles. The van der Waals surface area contributed by atoms with E-state index in [1.165, 1.54) is 38.5 Å². The van der Waals surface area contributed by atoms with Crippen LogP contribution in [-0.2, 0) is 4.74 Å². The maximum Gasteiger partial charge on any atom is 0.338 e. The van der Waals surface area contributed by atoms with Crippen molar-refractivity contribution in [2.75, 3.05) is 20.0 Å². The first-order valence-corrected chi connectivity index (χ1v) is 5.88. The fraction of sp³-hybridized carbons (Fsp3) is 0.133. The highest BCUT2D eigenvalue weighted by Gasteiger charge is 2.17. The minimum absolute atomic E-state index is 0.208. The van der Waals surface area contributed by atoms with Crippen LogP contribution in [0.15, 0.2) is 36.4 Å². The maximum atomic E-state index is 14.0. The first-order valence-electron chi connectivity index (χ1n) is 5.88. The maximum absolute atomic E-state index is 14.0. The minimum Gasteiger partial charge on any atom is -0.497 e. The molecule has 4 nitrogen and oxygen atoms in total. The van der Waals surface area contributed by atoms with Crippen LogP contribution in [0.25, 0.3) is 11.1 Å². The molecule has 0 aromatic heterocycles. The molecule has 2 aromatic rings. The fourth-order valence-corrected chi connectivity index (χ4v) is 1.91. The third-order valence-electron chi connectivity index (χ3n) is 2.91. The zero-order valence-corrected chi connectivity index (χ0v) is 11.1. The van der Waals surface area contributed by atoms with Crippen molar-refractivity contribution in [3.8, 4) is 16.9 Å². The van der Waals surface area contributed by atoms with Gasteiger partial charge in [-0.15, -0.1) is 0 Å². The Morgan fingerprint density at radius 3 is 2.50 bits per heavy atom. The van der Waals surface area contributed by atoms with Gasteiger partial charge in [0.1, 0.15) is 11.6 Å². The van der Waals surface area contributed by atoms with E-state index in [-0.39, 0.29) is 11.1 Å². The summed E-state index contributed by atoms with van der Waals surface area (Å²) in [4.78, 5) is 11.8. The van der Waals surface area contributed by atoms with Crippen molar-refractivity contribution in [1.29, 1.82) is 0 Å². The molecule has 0 bridgehead atoms. The summed E-state index contributed by atoms with van der Waals surface area (Å²) in [5, 5.41) is 0. The third kappa shape index (κ3) is 2.56. The Bertz CT molecular complexity index is 656. The van der Waals surface area contributed by atoms with Crippen molar-refractivity contribution in [2.45, 2.75) is 0 Å². The van der Waals surface area contributed by atoms with E-state index in [9.17, 15) is 9.18 Å².